The van der Waals surface area contributed by atoms with Crippen LogP contribution in [0.3, 0.4) is 0 Å². The number of halogens is 2. The second-order valence-electron chi connectivity index (χ2n) is 5.02. The Labute approximate surface area is 121 Å². The van der Waals surface area contributed by atoms with Crippen molar-refractivity contribution in [2.24, 2.45) is 0 Å². The summed E-state index contributed by atoms with van der Waals surface area (Å²) in [5.74, 6) is -1.83. The molecule has 1 atom stereocenters. The highest BCUT2D eigenvalue weighted by atomic mass is 32.2. The van der Waals surface area contributed by atoms with Crippen molar-refractivity contribution >= 4 is 10.0 Å². The van der Waals surface area contributed by atoms with Gasteiger partial charge in [-0.05, 0) is 36.1 Å². The molecule has 1 aliphatic rings. The molecule has 0 spiro atoms. The molecule has 3 rings (SSSR count). The fourth-order valence-electron chi connectivity index (χ4n) is 2.62. The summed E-state index contributed by atoms with van der Waals surface area (Å²) in [5, 5.41) is 0. The number of hydrogen-bond acceptors (Lipinski definition) is 2. The topological polar surface area (TPSA) is 46.2 Å². The van der Waals surface area contributed by atoms with Gasteiger partial charge in [0.1, 0.15) is 11.6 Å². The van der Waals surface area contributed by atoms with Gasteiger partial charge in [-0.1, -0.05) is 24.3 Å². The minimum atomic E-state index is -3.96. The summed E-state index contributed by atoms with van der Waals surface area (Å²) in [7, 11) is -3.96. The zero-order valence-electron chi connectivity index (χ0n) is 11.0. The van der Waals surface area contributed by atoms with Crippen LogP contribution in [0.5, 0.6) is 0 Å². The number of sulfonamides is 1. The maximum atomic E-state index is 13.2. The van der Waals surface area contributed by atoms with Crippen molar-refractivity contribution in [1.29, 1.82) is 0 Å². The fraction of sp³-hybridized carbons (Fsp3) is 0.200. The summed E-state index contributed by atoms with van der Waals surface area (Å²) in [5.41, 5.74) is 2.01. The molecule has 0 heterocycles. The van der Waals surface area contributed by atoms with E-state index in [1.807, 2.05) is 24.3 Å². The highest BCUT2D eigenvalue weighted by Crippen LogP contribution is 2.32. The molecule has 2 aromatic carbocycles. The molecule has 21 heavy (non-hydrogen) atoms. The van der Waals surface area contributed by atoms with Crippen molar-refractivity contribution in [3.05, 3.63) is 65.2 Å². The van der Waals surface area contributed by atoms with Gasteiger partial charge in [0.2, 0.25) is 10.0 Å². The van der Waals surface area contributed by atoms with Crippen LogP contribution in [-0.2, 0) is 16.4 Å². The number of rotatable bonds is 3. The molecular formula is C15H13F2NO2S. The summed E-state index contributed by atoms with van der Waals surface area (Å²) < 4.78 is 53.4. The van der Waals surface area contributed by atoms with Crippen molar-refractivity contribution in [3.63, 3.8) is 0 Å². The van der Waals surface area contributed by atoms with E-state index in [1.165, 1.54) is 0 Å². The standard InChI is InChI=1S/C15H13F2NO2S/c16-11-7-12(17)9-13(8-11)21(19,20)18-15-6-5-10-3-1-2-4-14(10)15/h1-4,7-9,15,18H,5-6H2. The molecule has 110 valence electrons. The van der Waals surface area contributed by atoms with E-state index in [0.717, 1.165) is 29.7 Å². The second-order valence-corrected chi connectivity index (χ2v) is 6.73. The lowest BCUT2D eigenvalue weighted by Gasteiger charge is -2.14. The van der Waals surface area contributed by atoms with Gasteiger partial charge in [0.15, 0.2) is 0 Å². The first-order chi connectivity index (χ1) is 9.95. The van der Waals surface area contributed by atoms with E-state index in [4.69, 9.17) is 0 Å². The third kappa shape index (κ3) is 2.82. The molecule has 2 aromatic rings. The zero-order valence-corrected chi connectivity index (χ0v) is 11.8. The lowest BCUT2D eigenvalue weighted by molar-refractivity contribution is 0.545. The van der Waals surface area contributed by atoms with E-state index >= 15 is 0 Å². The molecule has 1 aliphatic carbocycles. The maximum absolute atomic E-state index is 13.2. The van der Waals surface area contributed by atoms with E-state index in [9.17, 15) is 17.2 Å². The van der Waals surface area contributed by atoms with Crippen LogP contribution in [0.4, 0.5) is 8.78 Å². The van der Waals surface area contributed by atoms with E-state index in [1.54, 1.807) is 0 Å². The van der Waals surface area contributed by atoms with Gasteiger partial charge in [-0.3, -0.25) is 0 Å². The molecule has 0 radical (unpaired) electrons. The first-order valence-corrected chi connectivity index (χ1v) is 8.00. The Morgan fingerprint density at radius 3 is 2.43 bits per heavy atom. The van der Waals surface area contributed by atoms with Crippen molar-refractivity contribution in [2.75, 3.05) is 0 Å². The summed E-state index contributed by atoms with van der Waals surface area (Å²) >= 11 is 0. The van der Waals surface area contributed by atoms with Gasteiger partial charge < -0.3 is 0 Å². The predicted octanol–water partition coefficient (Wildman–Crippen LogP) is 2.93. The lowest BCUT2D eigenvalue weighted by Crippen LogP contribution is -2.27. The minimum absolute atomic E-state index is 0.363. The van der Waals surface area contributed by atoms with Crippen molar-refractivity contribution in [1.82, 2.24) is 4.72 Å². The molecule has 1 N–H and O–H groups in total. The molecule has 3 nitrogen and oxygen atoms in total. The number of aryl methyl sites for hydroxylation is 1. The third-order valence-corrected chi connectivity index (χ3v) is 5.03. The quantitative estimate of drug-likeness (QED) is 0.947. The number of nitrogens with one attached hydrogen (secondary N) is 1. The van der Waals surface area contributed by atoms with E-state index < -0.39 is 26.6 Å². The Balaban J connectivity index is 1.91. The normalized spacial score (nSPS) is 17.7. The van der Waals surface area contributed by atoms with Gasteiger partial charge in [-0.25, -0.2) is 21.9 Å². The van der Waals surface area contributed by atoms with Gasteiger partial charge >= 0.3 is 0 Å². The SMILES string of the molecule is O=S(=O)(NC1CCc2ccccc21)c1cc(F)cc(F)c1. The van der Waals surface area contributed by atoms with Crippen LogP contribution in [0.2, 0.25) is 0 Å². The maximum Gasteiger partial charge on any atom is 0.241 e. The van der Waals surface area contributed by atoms with Gasteiger partial charge in [0.05, 0.1) is 4.90 Å². The van der Waals surface area contributed by atoms with Crippen LogP contribution in [-0.4, -0.2) is 8.42 Å². The van der Waals surface area contributed by atoms with Crippen molar-refractivity contribution in [2.45, 2.75) is 23.8 Å². The van der Waals surface area contributed by atoms with E-state index in [0.29, 0.717) is 12.5 Å². The number of fused-ring (bicyclic) bond motifs is 1. The Morgan fingerprint density at radius 2 is 1.71 bits per heavy atom. The number of hydrogen-bond donors (Lipinski definition) is 1. The molecule has 0 amide bonds. The highest BCUT2D eigenvalue weighted by Gasteiger charge is 2.27. The van der Waals surface area contributed by atoms with Crippen LogP contribution in [0.15, 0.2) is 47.4 Å². The highest BCUT2D eigenvalue weighted by molar-refractivity contribution is 7.89. The smallest absolute Gasteiger partial charge is 0.207 e. The minimum Gasteiger partial charge on any atom is -0.207 e. The van der Waals surface area contributed by atoms with E-state index in [-0.39, 0.29) is 6.04 Å². The predicted molar refractivity (Wildman–Crippen MR) is 74.2 cm³/mol. The first-order valence-electron chi connectivity index (χ1n) is 6.52. The Morgan fingerprint density at radius 1 is 1.05 bits per heavy atom. The summed E-state index contributed by atoms with van der Waals surface area (Å²) in [6.45, 7) is 0. The van der Waals surface area contributed by atoms with Crippen molar-refractivity contribution in [3.8, 4) is 0 Å². The Hall–Kier alpha value is -1.79. The fourth-order valence-corrected chi connectivity index (χ4v) is 3.91. The second kappa shape index (κ2) is 5.20. The molecule has 0 fully saturated rings. The molecule has 6 heteroatoms. The summed E-state index contributed by atoms with van der Waals surface area (Å²) in [4.78, 5) is -0.399. The van der Waals surface area contributed by atoms with Gasteiger partial charge in [-0.15, -0.1) is 0 Å². The van der Waals surface area contributed by atoms with E-state index in [2.05, 4.69) is 4.72 Å². The summed E-state index contributed by atoms with van der Waals surface area (Å²) in [6, 6.07) is 9.46. The monoisotopic (exact) mass is 309 g/mol. The average Bonchev–Trinajstić information content (AvgIpc) is 2.81. The molecular weight excluding hydrogens is 296 g/mol. The van der Waals surface area contributed by atoms with Crippen LogP contribution in [0.1, 0.15) is 23.6 Å². The molecule has 0 bridgehead atoms. The zero-order chi connectivity index (χ0) is 15.0. The van der Waals surface area contributed by atoms with Crippen LogP contribution < -0.4 is 4.72 Å². The van der Waals surface area contributed by atoms with Crippen molar-refractivity contribution < 1.29 is 17.2 Å². The molecule has 0 aliphatic heterocycles. The average molecular weight is 309 g/mol. The molecule has 1 unspecified atom stereocenters. The molecule has 0 aromatic heterocycles. The van der Waals surface area contributed by atoms with Crippen LogP contribution in [0, 0.1) is 11.6 Å². The van der Waals surface area contributed by atoms with Gasteiger partial charge in [0, 0.05) is 12.1 Å². The number of benzene rings is 2. The Bertz CT molecular complexity index is 770. The van der Waals surface area contributed by atoms with Gasteiger partial charge in [0.25, 0.3) is 0 Å². The van der Waals surface area contributed by atoms with Crippen LogP contribution >= 0.6 is 0 Å². The van der Waals surface area contributed by atoms with Gasteiger partial charge in [-0.2, -0.15) is 0 Å². The first kappa shape index (κ1) is 14.2. The van der Waals surface area contributed by atoms with Crippen LogP contribution in [0.25, 0.3) is 0 Å². The lowest BCUT2D eigenvalue weighted by atomic mass is 10.1. The molecule has 0 saturated heterocycles. The Kier molecular flexibility index (Phi) is 3.51. The largest absolute Gasteiger partial charge is 0.241 e. The molecule has 0 saturated carbocycles. The summed E-state index contributed by atoms with van der Waals surface area (Å²) in [6.07, 6.45) is 1.41. The third-order valence-electron chi connectivity index (χ3n) is 3.58.